The van der Waals surface area contributed by atoms with Crippen LogP contribution in [0.5, 0.6) is 0 Å². The zero-order chi connectivity index (χ0) is 14.6. The Labute approximate surface area is 116 Å². The van der Waals surface area contributed by atoms with Gasteiger partial charge in [0, 0.05) is 12.5 Å². The van der Waals surface area contributed by atoms with Crippen LogP contribution in [0.15, 0.2) is 18.2 Å². The summed E-state index contributed by atoms with van der Waals surface area (Å²) in [5, 5.41) is 3.03. The second-order valence-electron chi connectivity index (χ2n) is 5.76. The highest BCUT2D eigenvalue weighted by Crippen LogP contribution is 2.19. The maximum Gasteiger partial charge on any atom is 0.222 e. The Hall–Kier alpha value is -1.35. The van der Waals surface area contributed by atoms with Gasteiger partial charge in [0.05, 0.1) is 6.04 Å². The van der Waals surface area contributed by atoms with Crippen molar-refractivity contribution < 1.29 is 4.79 Å². The summed E-state index contributed by atoms with van der Waals surface area (Å²) in [6, 6.07) is 6.25. The first-order valence-corrected chi connectivity index (χ1v) is 6.93. The van der Waals surface area contributed by atoms with Crippen LogP contribution in [0, 0.1) is 19.8 Å². The Balaban J connectivity index is 2.66. The van der Waals surface area contributed by atoms with E-state index in [1.165, 1.54) is 16.7 Å². The van der Waals surface area contributed by atoms with Crippen molar-refractivity contribution >= 4 is 5.91 Å². The van der Waals surface area contributed by atoms with Gasteiger partial charge in [0.15, 0.2) is 0 Å². The van der Waals surface area contributed by atoms with Crippen LogP contribution in [-0.2, 0) is 4.79 Å². The van der Waals surface area contributed by atoms with Gasteiger partial charge in [-0.3, -0.25) is 4.79 Å². The van der Waals surface area contributed by atoms with Gasteiger partial charge in [0.25, 0.3) is 0 Å². The van der Waals surface area contributed by atoms with Crippen molar-refractivity contribution in [2.75, 3.05) is 0 Å². The lowest BCUT2D eigenvalue weighted by Gasteiger charge is -2.20. The van der Waals surface area contributed by atoms with Gasteiger partial charge < -0.3 is 11.1 Å². The lowest BCUT2D eigenvalue weighted by molar-refractivity contribution is -0.122. The zero-order valence-corrected chi connectivity index (χ0v) is 12.7. The van der Waals surface area contributed by atoms with Gasteiger partial charge in [-0.05, 0) is 37.8 Å². The molecule has 0 heterocycles. The second kappa shape index (κ2) is 6.71. The van der Waals surface area contributed by atoms with Crippen molar-refractivity contribution in [3.8, 4) is 0 Å². The molecule has 106 valence electrons. The molecule has 0 aliphatic carbocycles. The predicted octanol–water partition coefficient (Wildman–Crippen LogP) is 2.85. The van der Waals surface area contributed by atoms with Crippen LogP contribution in [-0.4, -0.2) is 11.9 Å². The largest absolute Gasteiger partial charge is 0.350 e. The summed E-state index contributed by atoms with van der Waals surface area (Å²) in [6.45, 7) is 10.2. The highest BCUT2D eigenvalue weighted by atomic mass is 16.1. The summed E-state index contributed by atoms with van der Waals surface area (Å²) in [6.07, 6.45) is 0.382. The molecule has 0 aromatic heterocycles. The lowest BCUT2D eigenvalue weighted by Crippen LogP contribution is -2.36. The molecule has 0 fully saturated rings. The number of nitrogens with two attached hydrogens (primary N) is 1. The van der Waals surface area contributed by atoms with Crippen LogP contribution in [0.25, 0.3) is 0 Å². The van der Waals surface area contributed by atoms with E-state index in [0.717, 1.165) is 0 Å². The molecular formula is C16H26N2O. The van der Waals surface area contributed by atoms with Crippen LogP contribution in [0.4, 0.5) is 0 Å². The molecule has 3 nitrogen and oxygen atoms in total. The topological polar surface area (TPSA) is 55.1 Å². The molecule has 1 aromatic carbocycles. The molecular weight excluding hydrogens is 236 g/mol. The molecule has 3 heteroatoms. The van der Waals surface area contributed by atoms with Crippen molar-refractivity contribution in [1.29, 1.82) is 0 Å². The number of amides is 1. The Morgan fingerprint density at radius 1 is 1.26 bits per heavy atom. The highest BCUT2D eigenvalue weighted by molar-refractivity contribution is 5.77. The van der Waals surface area contributed by atoms with E-state index in [1.807, 2.05) is 20.8 Å². The second-order valence-corrected chi connectivity index (χ2v) is 5.76. The van der Waals surface area contributed by atoms with Crippen LogP contribution in [0.2, 0.25) is 0 Å². The summed E-state index contributed by atoms with van der Waals surface area (Å²) < 4.78 is 0. The first kappa shape index (κ1) is 15.7. The first-order valence-electron chi connectivity index (χ1n) is 6.93. The molecule has 0 saturated heterocycles. The molecule has 0 radical (unpaired) electrons. The van der Waals surface area contributed by atoms with Crippen molar-refractivity contribution in [2.45, 2.75) is 53.1 Å². The molecule has 3 N–H and O–H groups in total. The minimum atomic E-state index is -0.0780. The number of rotatable bonds is 5. The Kier molecular flexibility index (Phi) is 5.55. The molecule has 0 aliphatic rings. The number of carbonyl (C=O) groups excluding carboxylic acids is 1. The number of aryl methyl sites for hydroxylation is 2. The van der Waals surface area contributed by atoms with Crippen molar-refractivity contribution in [2.24, 2.45) is 11.7 Å². The Morgan fingerprint density at radius 3 is 2.47 bits per heavy atom. The lowest BCUT2D eigenvalue weighted by atomic mass is 9.98. The maximum atomic E-state index is 11.9. The van der Waals surface area contributed by atoms with E-state index in [-0.39, 0.29) is 18.0 Å². The molecule has 2 unspecified atom stereocenters. The molecule has 2 atom stereocenters. The monoisotopic (exact) mass is 262 g/mol. The summed E-state index contributed by atoms with van der Waals surface area (Å²) in [7, 11) is 0. The number of benzene rings is 1. The predicted molar refractivity (Wildman–Crippen MR) is 79.9 cm³/mol. The number of hydrogen-bond donors (Lipinski definition) is 2. The standard InChI is InChI=1S/C16H26N2O/c1-10(2)15(17)9-16(19)18-13(5)14-8-11(3)6-7-12(14)4/h6-8,10,13,15H,9,17H2,1-5H3,(H,18,19). The van der Waals surface area contributed by atoms with Gasteiger partial charge in [-0.25, -0.2) is 0 Å². The van der Waals surface area contributed by atoms with Gasteiger partial charge in [0.2, 0.25) is 5.91 Å². The third kappa shape index (κ3) is 4.67. The molecule has 1 rings (SSSR count). The third-order valence-corrected chi connectivity index (χ3v) is 3.56. The summed E-state index contributed by atoms with van der Waals surface area (Å²) in [5.74, 6) is 0.344. The quantitative estimate of drug-likeness (QED) is 0.857. The molecule has 1 amide bonds. The molecule has 0 aliphatic heterocycles. The third-order valence-electron chi connectivity index (χ3n) is 3.56. The Morgan fingerprint density at radius 2 is 1.89 bits per heavy atom. The fraction of sp³-hybridized carbons (Fsp3) is 0.562. The molecule has 0 spiro atoms. The minimum absolute atomic E-state index is 0.0202. The van der Waals surface area contributed by atoms with Crippen molar-refractivity contribution in [1.82, 2.24) is 5.32 Å². The van der Waals surface area contributed by atoms with E-state index in [0.29, 0.717) is 12.3 Å². The SMILES string of the molecule is Cc1ccc(C)c(C(C)NC(=O)CC(N)C(C)C)c1. The van der Waals surface area contributed by atoms with Crippen LogP contribution >= 0.6 is 0 Å². The minimum Gasteiger partial charge on any atom is -0.350 e. The van der Waals surface area contributed by atoms with Gasteiger partial charge in [-0.1, -0.05) is 37.6 Å². The van der Waals surface area contributed by atoms with Gasteiger partial charge in [0.1, 0.15) is 0 Å². The van der Waals surface area contributed by atoms with E-state index >= 15 is 0 Å². The van der Waals surface area contributed by atoms with Crippen molar-refractivity contribution in [3.63, 3.8) is 0 Å². The highest BCUT2D eigenvalue weighted by Gasteiger charge is 2.16. The number of nitrogens with one attached hydrogen (secondary N) is 1. The van der Waals surface area contributed by atoms with E-state index in [2.05, 4.69) is 37.4 Å². The molecule has 1 aromatic rings. The fourth-order valence-electron chi connectivity index (χ4n) is 2.05. The summed E-state index contributed by atoms with van der Waals surface area (Å²) >= 11 is 0. The smallest absolute Gasteiger partial charge is 0.222 e. The summed E-state index contributed by atoms with van der Waals surface area (Å²) in [5.41, 5.74) is 9.51. The van der Waals surface area contributed by atoms with Crippen molar-refractivity contribution in [3.05, 3.63) is 34.9 Å². The molecule has 0 bridgehead atoms. The average Bonchev–Trinajstić information content (AvgIpc) is 2.31. The van der Waals surface area contributed by atoms with E-state index < -0.39 is 0 Å². The summed E-state index contributed by atoms with van der Waals surface area (Å²) in [4.78, 5) is 11.9. The first-order chi connectivity index (χ1) is 8.81. The Bertz CT molecular complexity index is 440. The van der Waals surface area contributed by atoms with E-state index in [1.54, 1.807) is 0 Å². The fourth-order valence-corrected chi connectivity index (χ4v) is 2.05. The van der Waals surface area contributed by atoms with E-state index in [4.69, 9.17) is 5.73 Å². The maximum absolute atomic E-state index is 11.9. The number of carbonyl (C=O) groups is 1. The average molecular weight is 262 g/mol. The van der Waals surface area contributed by atoms with Crippen LogP contribution in [0.1, 0.15) is 49.9 Å². The van der Waals surface area contributed by atoms with Gasteiger partial charge in [-0.15, -0.1) is 0 Å². The van der Waals surface area contributed by atoms with Crippen LogP contribution < -0.4 is 11.1 Å². The normalized spacial score (nSPS) is 14.3. The van der Waals surface area contributed by atoms with Gasteiger partial charge in [-0.2, -0.15) is 0 Å². The molecule has 19 heavy (non-hydrogen) atoms. The van der Waals surface area contributed by atoms with Gasteiger partial charge >= 0.3 is 0 Å². The zero-order valence-electron chi connectivity index (χ0n) is 12.7. The molecule has 0 saturated carbocycles. The van der Waals surface area contributed by atoms with E-state index in [9.17, 15) is 4.79 Å². The number of hydrogen-bond acceptors (Lipinski definition) is 2. The van der Waals surface area contributed by atoms with Crippen LogP contribution in [0.3, 0.4) is 0 Å².